The molecule has 0 heterocycles. The van der Waals surface area contributed by atoms with Crippen LogP contribution in [0.4, 0.5) is 5.69 Å². The molecule has 8 heteroatoms. The molecule has 0 fully saturated rings. The van der Waals surface area contributed by atoms with Crippen molar-refractivity contribution < 1.29 is 13.2 Å². The Balaban J connectivity index is 1.90. The van der Waals surface area contributed by atoms with Gasteiger partial charge in [-0.05, 0) is 48.7 Å². The molecule has 0 aliphatic rings. The molecule has 0 aliphatic heterocycles. The van der Waals surface area contributed by atoms with Crippen molar-refractivity contribution in [3.63, 3.8) is 0 Å². The number of carbonyl (C=O) groups is 1. The molecule has 168 valence electrons. The van der Waals surface area contributed by atoms with E-state index in [4.69, 9.17) is 23.2 Å². The number of nitrogens with one attached hydrogen (secondary N) is 1. The minimum atomic E-state index is -4.07. The van der Waals surface area contributed by atoms with Crippen LogP contribution in [0, 0.1) is 0 Å². The van der Waals surface area contributed by atoms with Crippen molar-refractivity contribution >= 4 is 44.8 Å². The zero-order chi connectivity index (χ0) is 23.3. The lowest BCUT2D eigenvalue weighted by Gasteiger charge is -2.26. The van der Waals surface area contributed by atoms with Crippen molar-refractivity contribution in [1.29, 1.82) is 0 Å². The van der Waals surface area contributed by atoms with E-state index in [1.807, 2.05) is 31.2 Å². The maximum Gasteiger partial charge on any atom is 0.264 e. The molecule has 0 aliphatic carbocycles. The van der Waals surface area contributed by atoms with Gasteiger partial charge < -0.3 is 5.32 Å². The number of aryl methyl sites for hydroxylation is 1. The first kappa shape index (κ1) is 24.1. The molecule has 32 heavy (non-hydrogen) atoms. The molecule has 3 aromatic carbocycles. The molecular formula is C24H24Cl2N2O3S. The van der Waals surface area contributed by atoms with E-state index in [0.717, 1.165) is 16.3 Å². The van der Waals surface area contributed by atoms with Crippen molar-refractivity contribution in [2.75, 3.05) is 10.8 Å². The van der Waals surface area contributed by atoms with Crippen LogP contribution in [-0.4, -0.2) is 20.9 Å². The first-order valence-corrected chi connectivity index (χ1v) is 12.3. The largest absolute Gasteiger partial charge is 0.348 e. The van der Waals surface area contributed by atoms with Crippen LogP contribution in [0.15, 0.2) is 77.7 Å². The summed E-state index contributed by atoms with van der Waals surface area (Å²) in [5, 5.41) is 3.13. The highest BCUT2D eigenvalue weighted by Gasteiger charge is 2.29. The Morgan fingerprint density at radius 1 is 0.969 bits per heavy atom. The third-order valence-corrected chi connectivity index (χ3v) is 7.67. The number of amides is 1. The molecule has 3 aromatic rings. The lowest BCUT2D eigenvalue weighted by atomic mass is 10.1. The second kappa shape index (κ2) is 10.4. The molecule has 0 radical (unpaired) electrons. The first-order chi connectivity index (χ1) is 15.2. The highest BCUT2D eigenvalue weighted by atomic mass is 35.5. The van der Waals surface area contributed by atoms with Crippen LogP contribution >= 0.6 is 23.2 Å². The molecule has 5 nitrogen and oxygen atoms in total. The van der Waals surface area contributed by atoms with Crippen LogP contribution in [0.5, 0.6) is 0 Å². The number of nitrogens with zero attached hydrogens (tertiary/aromatic N) is 1. The van der Waals surface area contributed by atoms with Gasteiger partial charge in [-0.1, -0.05) is 78.7 Å². The van der Waals surface area contributed by atoms with E-state index in [1.54, 1.807) is 30.3 Å². The molecule has 3 rings (SSSR count). The number of anilines is 1. The summed E-state index contributed by atoms with van der Waals surface area (Å²) in [5.41, 5.74) is 2.26. The maximum absolute atomic E-state index is 13.4. The van der Waals surface area contributed by atoms with Gasteiger partial charge in [-0.2, -0.15) is 0 Å². The maximum atomic E-state index is 13.4. The van der Waals surface area contributed by atoms with Crippen LogP contribution < -0.4 is 9.62 Å². The number of hydrogen-bond donors (Lipinski definition) is 1. The van der Waals surface area contributed by atoms with E-state index in [1.165, 1.54) is 23.8 Å². The third-order valence-electron chi connectivity index (χ3n) is 5.08. The van der Waals surface area contributed by atoms with Gasteiger partial charge in [0.1, 0.15) is 6.54 Å². The number of hydrogen-bond acceptors (Lipinski definition) is 3. The zero-order valence-electron chi connectivity index (χ0n) is 17.8. The molecule has 0 aromatic heterocycles. The lowest BCUT2D eigenvalue weighted by molar-refractivity contribution is -0.120. The number of sulfonamides is 1. The minimum absolute atomic E-state index is 0.0482. The SMILES string of the molecule is CCc1ccc(C(C)NC(=O)CN(c2cccc(Cl)c2Cl)S(=O)(=O)c2ccccc2)cc1. The molecule has 1 amide bonds. The summed E-state index contributed by atoms with van der Waals surface area (Å²) in [6, 6.07) is 20.2. The topological polar surface area (TPSA) is 66.5 Å². The standard InChI is InChI=1S/C24H24Cl2N2O3S/c1-3-18-12-14-19(15-13-18)17(2)27-23(29)16-28(22-11-7-10-21(25)24(22)26)32(30,31)20-8-5-4-6-9-20/h4-15,17H,3,16H2,1-2H3,(H,27,29). The molecule has 0 bridgehead atoms. The van der Waals surface area contributed by atoms with E-state index in [9.17, 15) is 13.2 Å². The Labute approximate surface area is 199 Å². The van der Waals surface area contributed by atoms with Crippen molar-refractivity contribution in [2.24, 2.45) is 0 Å². The Kier molecular flexibility index (Phi) is 7.82. The third kappa shape index (κ3) is 5.44. The number of halogens is 2. The van der Waals surface area contributed by atoms with Gasteiger partial charge in [-0.25, -0.2) is 8.42 Å². The Morgan fingerprint density at radius 2 is 1.62 bits per heavy atom. The number of rotatable bonds is 8. The van der Waals surface area contributed by atoms with Gasteiger partial charge in [-0.3, -0.25) is 9.10 Å². The second-order valence-corrected chi connectivity index (χ2v) is 9.93. The van der Waals surface area contributed by atoms with Crippen molar-refractivity contribution in [3.05, 3.63) is 94.0 Å². The summed E-state index contributed by atoms with van der Waals surface area (Å²) in [5.74, 6) is -0.465. The van der Waals surface area contributed by atoms with E-state index in [-0.39, 0.29) is 26.7 Å². The second-order valence-electron chi connectivity index (χ2n) is 7.28. The summed E-state index contributed by atoms with van der Waals surface area (Å²) in [7, 11) is -4.07. The smallest absolute Gasteiger partial charge is 0.264 e. The predicted octanol–water partition coefficient (Wildman–Crippen LogP) is 5.63. The molecule has 1 unspecified atom stereocenters. The molecule has 0 saturated carbocycles. The molecule has 0 spiro atoms. The van der Waals surface area contributed by atoms with Crippen LogP contribution in [0.25, 0.3) is 0 Å². The monoisotopic (exact) mass is 490 g/mol. The molecular weight excluding hydrogens is 467 g/mol. The average molecular weight is 491 g/mol. The first-order valence-electron chi connectivity index (χ1n) is 10.1. The van der Waals surface area contributed by atoms with E-state index >= 15 is 0 Å². The van der Waals surface area contributed by atoms with E-state index < -0.39 is 22.5 Å². The fourth-order valence-electron chi connectivity index (χ4n) is 3.25. The van der Waals surface area contributed by atoms with Crippen molar-refractivity contribution in [2.45, 2.75) is 31.2 Å². The summed E-state index contributed by atoms with van der Waals surface area (Å²) < 4.78 is 27.8. The van der Waals surface area contributed by atoms with Crippen LogP contribution in [0.2, 0.25) is 10.0 Å². The molecule has 0 saturated heterocycles. The fourth-order valence-corrected chi connectivity index (χ4v) is 5.15. The normalized spacial score (nSPS) is 12.2. The number of carbonyl (C=O) groups excluding carboxylic acids is 1. The van der Waals surface area contributed by atoms with Gasteiger partial charge in [0.2, 0.25) is 5.91 Å². The van der Waals surface area contributed by atoms with Gasteiger partial charge >= 0.3 is 0 Å². The van der Waals surface area contributed by atoms with Gasteiger partial charge in [0.25, 0.3) is 10.0 Å². The van der Waals surface area contributed by atoms with E-state index in [0.29, 0.717) is 0 Å². The van der Waals surface area contributed by atoms with Crippen molar-refractivity contribution in [1.82, 2.24) is 5.32 Å². The van der Waals surface area contributed by atoms with Crippen molar-refractivity contribution in [3.8, 4) is 0 Å². The Hall–Kier alpha value is -2.54. The molecule has 1 N–H and O–H groups in total. The van der Waals surface area contributed by atoms with Crippen LogP contribution in [-0.2, 0) is 21.2 Å². The van der Waals surface area contributed by atoms with Crippen LogP contribution in [0.1, 0.15) is 31.0 Å². The summed E-state index contributed by atoms with van der Waals surface area (Å²) in [6.45, 7) is 3.47. The Bertz CT molecular complexity index is 1180. The molecule has 1 atom stereocenters. The lowest BCUT2D eigenvalue weighted by Crippen LogP contribution is -2.41. The highest BCUT2D eigenvalue weighted by molar-refractivity contribution is 7.92. The zero-order valence-corrected chi connectivity index (χ0v) is 20.1. The van der Waals surface area contributed by atoms with Gasteiger partial charge in [0.05, 0.1) is 26.7 Å². The highest BCUT2D eigenvalue weighted by Crippen LogP contribution is 2.35. The Morgan fingerprint density at radius 3 is 2.25 bits per heavy atom. The quantitative estimate of drug-likeness (QED) is 0.444. The van der Waals surface area contributed by atoms with Gasteiger partial charge in [0.15, 0.2) is 0 Å². The average Bonchev–Trinajstić information content (AvgIpc) is 2.80. The van der Waals surface area contributed by atoms with E-state index in [2.05, 4.69) is 12.2 Å². The van der Waals surface area contributed by atoms with Crippen LogP contribution in [0.3, 0.4) is 0 Å². The summed E-state index contributed by atoms with van der Waals surface area (Å²) in [6.07, 6.45) is 0.924. The minimum Gasteiger partial charge on any atom is -0.348 e. The van der Waals surface area contributed by atoms with Gasteiger partial charge in [-0.15, -0.1) is 0 Å². The summed E-state index contributed by atoms with van der Waals surface area (Å²) >= 11 is 12.5. The number of benzene rings is 3. The van der Waals surface area contributed by atoms with Gasteiger partial charge in [0, 0.05) is 0 Å². The fraction of sp³-hybridized carbons (Fsp3) is 0.208. The summed E-state index contributed by atoms with van der Waals surface area (Å²) in [4.78, 5) is 13.0. The predicted molar refractivity (Wildman–Crippen MR) is 130 cm³/mol.